The van der Waals surface area contributed by atoms with Crippen molar-refractivity contribution in [3.63, 3.8) is 0 Å². The number of aromatic nitrogens is 3. The molecule has 0 unspecified atom stereocenters. The summed E-state index contributed by atoms with van der Waals surface area (Å²) in [4.78, 5) is 13.1. The third-order valence-corrected chi connectivity index (χ3v) is 3.58. The van der Waals surface area contributed by atoms with Gasteiger partial charge in [0.05, 0.1) is 11.6 Å². The molecule has 2 aromatic heterocycles. The van der Waals surface area contributed by atoms with Gasteiger partial charge in [-0.3, -0.25) is 4.98 Å². The van der Waals surface area contributed by atoms with Gasteiger partial charge in [-0.25, -0.2) is 4.98 Å². The highest BCUT2D eigenvalue weighted by Crippen LogP contribution is 2.26. The number of rotatable bonds is 4. The minimum Gasteiger partial charge on any atom is -0.439 e. The molecule has 2 heterocycles. The predicted molar refractivity (Wildman–Crippen MR) is 90.6 cm³/mol. The summed E-state index contributed by atoms with van der Waals surface area (Å²) in [5.74, 6) is 1.77. The van der Waals surface area contributed by atoms with E-state index in [0.717, 1.165) is 23.2 Å². The van der Waals surface area contributed by atoms with Crippen LogP contribution in [0, 0.1) is 18.3 Å². The molecule has 0 spiro atoms. The SMILES string of the molecule is CCc1cc(Oc2ccc(C#N)cc2C)nc(-c2ccncc2)n1. The summed E-state index contributed by atoms with van der Waals surface area (Å²) < 4.78 is 5.94. The van der Waals surface area contributed by atoms with Crippen molar-refractivity contribution in [3.8, 4) is 29.1 Å². The molecule has 1 aromatic carbocycles. The fourth-order valence-electron chi connectivity index (χ4n) is 2.28. The van der Waals surface area contributed by atoms with Crippen molar-refractivity contribution in [3.05, 3.63) is 65.6 Å². The molecule has 0 bridgehead atoms. The molecule has 3 aromatic rings. The number of nitriles is 1. The van der Waals surface area contributed by atoms with Crippen LogP contribution in [0.3, 0.4) is 0 Å². The summed E-state index contributed by atoms with van der Waals surface area (Å²) >= 11 is 0. The van der Waals surface area contributed by atoms with Crippen molar-refractivity contribution < 1.29 is 4.74 Å². The lowest BCUT2D eigenvalue weighted by atomic mass is 10.1. The van der Waals surface area contributed by atoms with Crippen LogP contribution in [0.2, 0.25) is 0 Å². The van der Waals surface area contributed by atoms with Gasteiger partial charge in [0, 0.05) is 29.7 Å². The Bertz CT molecular complexity index is 901. The van der Waals surface area contributed by atoms with Crippen molar-refractivity contribution in [2.45, 2.75) is 20.3 Å². The van der Waals surface area contributed by atoms with E-state index in [1.807, 2.05) is 32.0 Å². The van der Waals surface area contributed by atoms with E-state index in [9.17, 15) is 0 Å². The Balaban J connectivity index is 1.98. The quantitative estimate of drug-likeness (QED) is 0.725. The van der Waals surface area contributed by atoms with Crippen LogP contribution < -0.4 is 4.74 Å². The van der Waals surface area contributed by atoms with E-state index in [1.165, 1.54) is 0 Å². The molecule has 0 N–H and O–H groups in total. The van der Waals surface area contributed by atoms with E-state index in [0.29, 0.717) is 23.0 Å². The van der Waals surface area contributed by atoms with E-state index in [-0.39, 0.29) is 0 Å². The van der Waals surface area contributed by atoms with Crippen molar-refractivity contribution in [2.75, 3.05) is 0 Å². The molecule has 0 saturated carbocycles. The number of aryl methyl sites for hydroxylation is 2. The first-order chi connectivity index (χ1) is 11.7. The first-order valence-electron chi connectivity index (χ1n) is 7.66. The summed E-state index contributed by atoms with van der Waals surface area (Å²) in [6.45, 7) is 3.94. The van der Waals surface area contributed by atoms with E-state index >= 15 is 0 Å². The first-order valence-corrected chi connectivity index (χ1v) is 7.66. The molecule has 0 radical (unpaired) electrons. The van der Waals surface area contributed by atoms with Crippen LogP contribution in [-0.4, -0.2) is 15.0 Å². The summed E-state index contributed by atoms with van der Waals surface area (Å²) in [6.07, 6.45) is 4.20. The van der Waals surface area contributed by atoms with Crippen LogP contribution in [0.4, 0.5) is 0 Å². The maximum Gasteiger partial charge on any atom is 0.223 e. The van der Waals surface area contributed by atoms with E-state index in [4.69, 9.17) is 10.00 Å². The van der Waals surface area contributed by atoms with Crippen molar-refractivity contribution >= 4 is 0 Å². The van der Waals surface area contributed by atoms with E-state index < -0.39 is 0 Å². The Morgan fingerprint density at radius 1 is 1.08 bits per heavy atom. The number of ether oxygens (including phenoxy) is 1. The lowest BCUT2D eigenvalue weighted by Gasteiger charge is -2.10. The Morgan fingerprint density at radius 2 is 1.88 bits per heavy atom. The summed E-state index contributed by atoms with van der Waals surface area (Å²) in [5.41, 5.74) is 3.28. The molecule has 0 aliphatic carbocycles. The van der Waals surface area contributed by atoms with Gasteiger partial charge in [-0.2, -0.15) is 10.2 Å². The number of nitrogens with zero attached hydrogens (tertiary/aromatic N) is 4. The molecule has 0 aliphatic heterocycles. The highest BCUT2D eigenvalue weighted by Gasteiger charge is 2.09. The zero-order chi connectivity index (χ0) is 16.9. The Kier molecular flexibility index (Phi) is 4.48. The number of hydrogen-bond donors (Lipinski definition) is 0. The van der Waals surface area contributed by atoms with Crippen LogP contribution in [-0.2, 0) is 6.42 Å². The minimum absolute atomic E-state index is 0.487. The lowest BCUT2D eigenvalue weighted by Crippen LogP contribution is -1.99. The Hall–Kier alpha value is -3.26. The maximum atomic E-state index is 8.96. The average Bonchev–Trinajstić information content (AvgIpc) is 2.63. The molecule has 0 saturated heterocycles. The third-order valence-electron chi connectivity index (χ3n) is 3.58. The fraction of sp³-hybridized carbons (Fsp3) is 0.158. The van der Waals surface area contributed by atoms with E-state index in [2.05, 4.69) is 21.0 Å². The van der Waals surface area contributed by atoms with Gasteiger partial charge in [0.15, 0.2) is 5.82 Å². The standard InChI is InChI=1S/C19H16N4O/c1-3-16-11-18(23-19(22-16)15-6-8-21-9-7-15)24-17-5-4-14(12-20)10-13(17)2/h4-11H,3H2,1-2H3. The van der Waals surface area contributed by atoms with Gasteiger partial charge in [0.1, 0.15) is 5.75 Å². The summed E-state index contributed by atoms with van der Waals surface area (Å²) in [6, 6.07) is 13.0. The zero-order valence-electron chi connectivity index (χ0n) is 13.5. The molecular weight excluding hydrogens is 300 g/mol. The number of pyridine rings is 1. The molecule has 0 aliphatic rings. The summed E-state index contributed by atoms with van der Waals surface area (Å²) in [7, 11) is 0. The Labute approximate surface area is 140 Å². The minimum atomic E-state index is 0.487. The molecule has 118 valence electrons. The van der Waals surface area contributed by atoms with Gasteiger partial charge in [-0.05, 0) is 49.2 Å². The van der Waals surface area contributed by atoms with Crippen LogP contribution in [0.1, 0.15) is 23.7 Å². The van der Waals surface area contributed by atoms with Crippen LogP contribution in [0.25, 0.3) is 11.4 Å². The molecule has 0 amide bonds. The van der Waals surface area contributed by atoms with Gasteiger partial charge in [0.2, 0.25) is 5.88 Å². The van der Waals surface area contributed by atoms with Crippen molar-refractivity contribution in [2.24, 2.45) is 0 Å². The highest BCUT2D eigenvalue weighted by molar-refractivity contribution is 5.54. The monoisotopic (exact) mass is 316 g/mol. The van der Waals surface area contributed by atoms with Crippen LogP contribution in [0.5, 0.6) is 11.6 Å². The molecule has 5 nitrogen and oxygen atoms in total. The first kappa shape index (κ1) is 15.6. The molecule has 24 heavy (non-hydrogen) atoms. The van der Waals surface area contributed by atoms with Gasteiger partial charge < -0.3 is 4.74 Å². The summed E-state index contributed by atoms with van der Waals surface area (Å²) in [5, 5.41) is 8.96. The smallest absolute Gasteiger partial charge is 0.223 e. The maximum absolute atomic E-state index is 8.96. The second-order valence-electron chi connectivity index (χ2n) is 5.30. The molecular formula is C19H16N4O. The van der Waals surface area contributed by atoms with Gasteiger partial charge in [0.25, 0.3) is 0 Å². The second kappa shape index (κ2) is 6.88. The third kappa shape index (κ3) is 3.39. The molecule has 0 atom stereocenters. The van der Waals surface area contributed by atoms with Crippen LogP contribution >= 0.6 is 0 Å². The van der Waals surface area contributed by atoms with E-state index in [1.54, 1.807) is 30.6 Å². The average molecular weight is 316 g/mol. The van der Waals surface area contributed by atoms with Crippen molar-refractivity contribution in [1.82, 2.24) is 15.0 Å². The number of benzene rings is 1. The van der Waals surface area contributed by atoms with Crippen molar-refractivity contribution in [1.29, 1.82) is 5.26 Å². The van der Waals surface area contributed by atoms with Crippen LogP contribution in [0.15, 0.2) is 48.8 Å². The highest BCUT2D eigenvalue weighted by atomic mass is 16.5. The van der Waals surface area contributed by atoms with Gasteiger partial charge >= 0.3 is 0 Å². The van der Waals surface area contributed by atoms with Gasteiger partial charge in [-0.15, -0.1) is 0 Å². The Morgan fingerprint density at radius 3 is 2.54 bits per heavy atom. The topological polar surface area (TPSA) is 71.7 Å². The second-order valence-corrected chi connectivity index (χ2v) is 5.30. The molecule has 5 heteroatoms. The predicted octanol–water partition coefficient (Wildman–Crippen LogP) is 4.07. The van der Waals surface area contributed by atoms with Gasteiger partial charge in [-0.1, -0.05) is 6.92 Å². The fourth-order valence-corrected chi connectivity index (χ4v) is 2.28. The normalized spacial score (nSPS) is 10.2. The zero-order valence-corrected chi connectivity index (χ0v) is 13.5. The largest absolute Gasteiger partial charge is 0.439 e. The molecule has 3 rings (SSSR count). The number of hydrogen-bond acceptors (Lipinski definition) is 5. The molecule has 0 fully saturated rings. The lowest BCUT2D eigenvalue weighted by molar-refractivity contribution is 0.457.